The molecule has 4 rings (SSSR count). The summed E-state index contributed by atoms with van der Waals surface area (Å²) in [5, 5.41) is 13.0. The fourth-order valence-corrected chi connectivity index (χ4v) is 3.44. The number of nitrogens with two attached hydrogens (primary N) is 1. The molecule has 0 saturated carbocycles. The molecular formula is C18H13F3N6O. The Morgan fingerprint density at radius 3 is 2.82 bits per heavy atom. The summed E-state index contributed by atoms with van der Waals surface area (Å²) in [6.45, 7) is -0.177. The van der Waals surface area contributed by atoms with Crippen molar-refractivity contribution in [1.29, 1.82) is 5.26 Å². The van der Waals surface area contributed by atoms with Gasteiger partial charge in [0.2, 0.25) is 5.91 Å². The molecule has 2 aromatic heterocycles. The van der Waals surface area contributed by atoms with E-state index in [4.69, 9.17) is 11.0 Å². The SMILES string of the molecule is N#Cc1cnn2cc(F)c(N3C[C@@H](F)C[C@@H]3c3cc(F)cc(C(N)=O)c3)nc12. The van der Waals surface area contributed by atoms with Gasteiger partial charge in [-0.1, -0.05) is 0 Å². The first-order valence-electron chi connectivity index (χ1n) is 8.32. The van der Waals surface area contributed by atoms with Crippen molar-refractivity contribution in [3.05, 3.63) is 58.9 Å². The van der Waals surface area contributed by atoms with Gasteiger partial charge in [0.25, 0.3) is 0 Å². The van der Waals surface area contributed by atoms with E-state index in [1.54, 1.807) is 0 Å². The molecule has 0 bridgehead atoms. The van der Waals surface area contributed by atoms with E-state index in [2.05, 4.69) is 10.1 Å². The Balaban J connectivity index is 1.83. The van der Waals surface area contributed by atoms with E-state index in [0.29, 0.717) is 0 Å². The standard InChI is InChI=1S/C18H13F3N6O/c19-12-2-9(1-10(3-12)16(23)28)15-4-13(20)7-26(15)18-14(21)8-27-17(25-18)11(5-22)6-24-27/h1-3,6,8,13,15H,4,7H2,(H2,23,28)/t13-,15+/m0/s1. The van der Waals surface area contributed by atoms with Gasteiger partial charge < -0.3 is 10.6 Å². The zero-order valence-electron chi connectivity index (χ0n) is 14.3. The predicted molar refractivity (Wildman–Crippen MR) is 92.2 cm³/mol. The normalized spacial score (nSPS) is 19.1. The summed E-state index contributed by atoms with van der Waals surface area (Å²) in [6.07, 6.45) is 0.930. The van der Waals surface area contributed by atoms with E-state index in [-0.39, 0.29) is 41.1 Å². The van der Waals surface area contributed by atoms with Crippen molar-refractivity contribution in [2.45, 2.75) is 18.6 Å². The van der Waals surface area contributed by atoms with Gasteiger partial charge in [0.05, 0.1) is 25.0 Å². The minimum Gasteiger partial charge on any atom is -0.366 e. The fraction of sp³-hybridized carbons (Fsp3) is 0.222. The third-order valence-corrected chi connectivity index (χ3v) is 4.66. The Labute approximate surface area is 156 Å². The summed E-state index contributed by atoms with van der Waals surface area (Å²) in [7, 11) is 0. The lowest BCUT2D eigenvalue weighted by atomic mass is 10.0. The highest BCUT2D eigenvalue weighted by molar-refractivity contribution is 5.93. The van der Waals surface area contributed by atoms with Gasteiger partial charge >= 0.3 is 0 Å². The molecule has 0 aliphatic carbocycles. The molecule has 3 heterocycles. The zero-order chi connectivity index (χ0) is 20.0. The average Bonchev–Trinajstić information content (AvgIpc) is 3.23. The van der Waals surface area contributed by atoms with Gasteiger partial charge in [-0.05, 0) is 23.8 Å². The van der Waals surface area contributed by atoms with E-state index in [0.717, 1.165) is 22.8 Å². The first kappa shape index (κ1) is 17.8. The molecule has 2 atom stereocenters. The monoisotopic (exact) mass is 386 g/mol. The average molecular weight is 386 g/mol. The van der Waals surface area contributed by atoms with Gasteiger partial charge in [-0.3, -0.25) is 4.79 Å². The molecule has 1 fully saturated rings. The Morgan fingerprint density at radius 1 is 1.32 bits per heavy atom. The van der Waals surface area contributed by atoms with Crippen LogP contribution >= 0.6 is 0 Å². The minimum absolute atomic E-state index is 0.0433. The number of primary amides is 1. The molecule has 7 nitrogen and oxygen atoms in total. The maximum absolute atomic E-state index is 14.7. The van der Waals surface area contributed by atoms with Crippen LogP contribution in [0.1, 0.15) is 33.9 Å². The van der Waals surface area contributed by atoms with Crippen LogP contribution in [0, 0.1) is 23.0 Å². The number of hydrogen-bond acceptors (Lipinski definition) is 5. The molecule has 142 valence electrons. The Hall–Kier alpha value is -3.61. The molecule has 0 radical (unpaired) electrons. The van der Waals surface area contributed by atoms with E-state index < -0.39 is 29.8 Å². The molecular weight excluding hydrogens is 373 g/mol. The first-order chi connectivity index (χ1) is 13.4. The van der Waals surface area contributed by atoms with Gasteiger partial charge in [0.15, 0.2) is 17.3 Å². The van der Waals surface area contributed by atoms with Crippen LogP contribution in [0.2, 0.25) is 0 Å². The Bertz CT molecular complexity index is 1140. The highest BCUT2D eigenvalue weighted by atomic mass is 19.1. The summed E-state index contributed by atoms with van der Waals surface area (Å²) in [4.78, 5) is 16.9. The highest BCUT2D eigenvalue weighted by Crippen LogP contribution is 2.38. The zero-order valence-corrected chi connectivity index (χ0v) is 14.3. The number of carbonyl (C=O) groups is 1. The largest absolute Gasteiger partial charge is 0.366 e. The quantitative estimate of drug-likeness (QED) is 0.744. The van der Waals surface area contributed by atoms with E-state index in [9.17, 15) is 18.0 Å². The van der Waals surface area contributed by atoms with E-state index in [1.807, 2.05) is 6.07 Å². The van der Waals surface area contributed by atoms with Crippen LogP contribution in [0.3, 0.4) is 0 Å². The number of nitriles is 1. The molecule has 28 heavy (non-hydrogen) atoms. The van der Waals surface area contributed by atoms with Crippen molar-refractivity contribution in [1.82, 2.24) is 14.6 Å². The van der Waals surface area contributed by atoms with Crippen LogP contribution in [0.15, 0.2) is 30.6 Å². The molecule has 1 aliphatic rings. The second kappa shape index (κ2) is 6.53. The highest BCUT2D eigenvalue weighted by Gasteiger charge is 2.36. The molecule has 1 saturated heterocycles. The maximum atomic E-state index is 14.7. The molecule has 10 heteroatoms. The lowest BCUT2D eigenvalue weighted by Gasteiger charge is -2.26. The van der Waals surface area contributed by atoms with Crippen LogP contribution in [0.4, 0.5) is 19.0 Å². The molecule has 1 aromatic carbocycles. The van der Waals surface area contributed by atoms with Gasteiger partial charge in [-0.25, -0.2) is 22.7 Å². The van der Waals surface area contributed by atoms with Crippen LogP contribution < -0.4 is 10.6 Å². The van der Waals surface area contributed by atoms with Gasteiger partial charge in [-0.2, -0.15) is 10.4 Å². The first-order valence-corrected chi connectivity index (χ1v) is 8.32. The topological polar surface area (TPSA) is 100 Å². The predicted octanol–water partition coefficient (Wildman–Crippen LogP) is 2.27. The van der Waals surface area contributed by atoms with Gasteiger partial charge in [0.1, 0.15) is 23.6 Å². The van der Waals surface area contributed by atoms with Crippen molar-refractivity contribution in [3.63, 3.8) is 0 Å². The van der Waals surface area contributed by atoms with Crippen LogP contribution in [-0.4, -0.2) is 33.2 Å². The van der Waals surface area contributed by atoms with Crippen LogP contribution in [0.25, 0.3) is 5.65 Å². The number of nitrogens with zero attached hydrogens (tertiary/aromatic N) is 5. The number of anilines is 1. The summed E-state index contributed by atoms with van der Waals surface area (Å²) >= 11 is 0. The van der Waals surface area contributed by atoms with Gasteiger partial charge in [-0.15, -0.1) is 0 Å². The summed E-state index contributed by atoms with van der Waals surface area (Å²) in [6, 6.07) is 4.63. The maximum Gasteiger partial charge on any atom is 0.248 e. The minimum atomic E-state index is -1.32. The number of aromatic nitrogens is 3. The number of alkyl halides is 1. The Kier molecular flexibility index (Phi) is 4.15. The number of rotatable bonds is 3. The fourth-order valence-electron chi connectivity index (χ4n) is 3.44. The lowest BCUT2D eigenvalue weighted by Crippen LogP contribution is -2.26. The number of carbonyl (C=O) groups excluding carboxylic acids is 1. The number of hydrogen-bond donors (Lipinski definition) is 1. The lowest BCUT2D eigenvalue weighted by molar-refractivity contribution is 0.0999. The smallest absolute Gasteiger partial charge is 0.248 e. The molecule has 3 aromatic rings. The van der Waals surface area contributed by atoms with Crippen LogP contribution in [0.5, 0.6) is 0 Å². The van der Waals surface area contributed by atoms with Gasteiger partial charge in [0, 0.05) is 12.0 Å². The van der Waals surface area contributed by atoms with Crippen molar-refractivity contribution in [2.75, 3.05) is 11.4 Å². The van der Waals surface area contributed by atoms with E-state index in [1.165, 1.54) is 17.2 Å². The van der Waals surface area contributed by atoms with E-state index >= 15 is 0 Å². The van der Waals surface area contributed by atoms with Crippen molar-refractivity contribution in [2.24, 2.45) is 5.73 Å². The molecule has 0 spiro atoms. The second-order valence-corrected chi connectivity index (χ2v) is 6.49. The number of amides is 1. The summed E-state index contributed by atoms with van der Waals surface area (Å²) < 4.78 is 44.0. The summed E-state index contributed by atoms with van der Waals surface area (Å²) in [5.74, 6) is -2.49. The number of benzene rings is 1. The molecule has 2 N–H and O–H groups in total. The second-order valence-electron chi connectivity index (χ2n) is 6.49. The molecule has 1 amide bonds. The van der Waals surface area contributed by atoms with Crippen molar-refractivity contribution in [3.8, 4) is 6.07 Å². The molecule has 1 aliphatic heterocycles. The molecule has 0 unspecified atom stereocenters. The number of halogens is 3. The van der Waals surface area contributed by atoms with Crippen molar-refractivity contribution >= 4 is 17.4 Å². The third kappa shape index (κ3) is 2.90. The van der Waals surface area contributed by atoms with Crippen molar-refractivity contribution < 1.29 is 18.0 Å². The number of fused-ring (bicyclic) bond motifs is 1. The summed E-state index contributed by atoms with van der Waals surface area (Å²) in [5.41, 5.74) is 5.70. The third-order valence-electron chi connectivity index (χ3n) is 4.66. The Morgan fingerprint density at radius 2 is 2.11 bits per heavy atom. The van der Waals surface area contributed by atoms with Crippen LogP contribution in [-0.2, 0) is 0 Å².